The molecule has 0 aliphatic heterocycles. The monoisotopic (exact) mass is 221 g/mol. The van der Waals surface area contributed by atoms with Gasteiger partial charge in [0.05, 0.1) is 19.8 Å². The molecule has 4 heteroatoms. The summed E-state index contributed by atoms with van der Waals surface area (Å²) in [6.45, 7) is 11.4. The molecule has 0 aromatic heterocycles. The van der Waals surface area contributed by atoms with E-state index in [-0.39, 0.29) is 8.03 Å². The molecule has 0 rings (SSSR count). The number of hydrogen-bond donors (Lipinski definition) is 1. The summed E-state index contributed by atoms with van der Waals surface area (Å²) in [5, 5.41) is 0. The third-order valence-corrected chi connectivity index (χ3v) is 0.820. The predicted octanol–water partition coefficient (Wildman–Crippen LogP) is 1.64. The Kier molecular flexibility index (Phi) is 38.6. The third kappa shape index (κ3) is 42.8. The molecule has 0 radical (unpaired) electrons. The Labute approximate surface area is 94.9 Å². The highest BCUT2D eigenvalue weighted by atomic mass is 16.5. The second kappa shape index (κ2) is 29.2. The summed E-state index contributed by atoms with van der Waals surface area (Å²) in [4.78, 5) is 9.71. The lowest BCUT2D eigenvalue weighted by molar-refractivity contribution is -0.112. The summed E-state index contributed by atoms with van der Waals surface area (Å²) in [5.74, 6) is 0. The Hall–Kier alpha value is -0.710. The second-order valence-corrected chi connectivity index (χ2v) is 2.05. The molecule has 15 heavy (non-hydrogen) atoms. The average Bonchev–Trinajstić information content (AvgIpc) is 2.27. The van der Waals surface area contributed by atoms with Crippen molar-refractivity contribution < 1.29 is 15.7 Å². The first-order valence-electron chi connectivity index (χ1n) is 5.19. The predicted molar refractivity (Wildman–Crippen MR) is 66.1 cm³/mol. The first kappa shape index (κ1) is 19.8. The van der Waals surface area contributed by atoms with Gasteiger partial charge in [-0.15, -0.1) is 6.58 Å². The van der Waals surface area contributed by atoms with E-state index in [1.54, 1.807) is 6.08 Å². The maximum atomic E-state index is 9.71. The van der Waals surface area contributed by atoms with Crippen LogP contribution in [0.15, 0.2) is 12.7 Å². The Balaban J connectivity index is -0.000000104. The highest BCUT2D eigenvalue weighted by molar-refractivity contribution is 5.50. The van der Waals surface area contributed by atoms with Gasteiger partial charge in [-0.05, 0) is 6.92 Å². The molecule has 0 fully saturated rings. The van der Waals surface area contributed by atoms with Crippen LogP contribution in [0.2, 0.25) is 0 Å². The van der Waals surface area contributed by atoms with Crippen molar-refractivity contribution in [3.8, 4) is 0 Å². The molecule has 0 bridgehead atoms. The van der Waals surface area contributed by atoms with Crippen molar-refractivity contribution in [2.24, 2.45) is 5.73 Å². The van der Waals surface area contributed by atoms with Gasteiger partial charge >= 0.3 is 0 Å². The van der Waals surface area contributed by atoms with Crippen molar-refractivity contribution in [1.29, 1.82) is 0 Å². The fourth-order valence-corrected chi connectivity index (χ4v) is 0.435. The van der Waals surface area contributed by atoms with Crippen molar-refractivity contribution in [2.75, 3.05) is 33.0 Å². The molecule has 0 saturated carbocycles. The molecule has 0 saturated heterocycles. The molecule has 0 spiro atoms. The van der Waals surface area contributed by atoms with Crippen molar-refractivity contribution in [3.63, 3.8) is 0 Å². The van der Waals surface area contributed by atoms with Gasteiger partial charge in [0.25, 0.3) is 0 Å². The number of nitrogens with two attached hydrogens (primary N) is 1. The second-order valence-electron chi connectivity index (χ2n) is 2.05. The summed E-state index contributed by atoms with van der Waals surface area (Å²) in [6.07, 6.45) is 2.46. The molecule has 2 N–H and O–H groups in total. The summed E-state index contributed by atoms with van der Waals surface area (Å²) < 4.78 is 9.76. The maximum absolute atomic E-state index is 9.71. The van der Waals surface area contributed by atoms with Crippen molar-refractivity contribution in [3.05, 3.63) is 12.7 Å². The molecule has 0 aromatic carbocycles. The van der Waals surface area contributed by atoms with Crippen LogP contribution in [0.25, 0.3) is 0 Å². The van der Waals surface area contributed by atoms with E-state index in [1.807, 2.05) is 20.8 Å². The minimum Gasteiger partial charge on any atom is -0.378 e. The summed E-state index contributed by atoms with van der Waals surface area (Å²) in [5.41, 5.74) is 5.15. The number of hydrogen-bond acceptors (Lipinski definition) is 4. The number of rotatable bonds is 7. The van der Waals surface area contributed by atoms with Crippen LogP contribution in [0.1, 0.15) is 22.2 Å². The lowest BCUT2D eigenvalue weighted by Gasteiger charge is -2.00. The Bertz CT molecular complexity index is 113. The van der Waals surface area contributed by atoms with Crippen LogP contribution in [0, 0.1) is 0 Å². The van der Waals surface area contributed by atoms with Crippen LogP contribution in [-0.2, 0) is 14.3 Å². The van der Waals surface area contributed by atoms with Gasteiger partial charge in [0.2, 0.25) is 0 Å². The first-order chi connectivity index (χ1) is 7.33. The minimum atomic E-state index is 0. The van der Waals surface area contributed by atoms with Gasteiger partial charge < -0.3 is 20.0 Å². The molecule has 0 atom stereocenters. The largest absolute Gasteiger partial charge is 0.378 e. The number of aldehydes is 1. The molecule has 0 aromatic rings. The van der Waals surface area contributed by atoms with Crippen LogP contribution < -0.4 is 5.73 Å². The molecular weight excluding hydrogens is 194 g/mol. The average molecular weight is 221 g/mol. The van der Waals surface area contributed by atoms with E-state index >= 15 is 0 Å². The number of allylic oxidation sites excluding steroid dienone is 1. The Morgan fingerprint density at radius 2 is 1.73 bits per heavy atom. The van der Waals surface area contributed by atoms with Crippen LogP contribution in [0.5, 0.6) is 0 Å². The van der Waals surface area contributed by atoms with Crippen LogP contribution in [0.3, 0.4) is 0 Å². The van der Waals surface area contributed by atoms with Crippen molar-refractivity contribution >= 4 is 6.29 Å². The summed E-state index contributed by atoms with van der Waals surface area (Å²) in [7, 11) is 0. The van der Waals surface area contributed by atoms with E-state index in [2.05, 4.69) is 6.58 Å². The van der Waals surface area contributed by atoms with Crippen molar-refractivity contribution in [2.45, 2.75) is 20.8 Å². The lowest BCUT2D eigenvalue weighted by Crippen LogP contribution is -2.12. The maximum Gasteiger partial charge on any atom is 0.145 e. The van der Waals surface area contributed by atoms with Gasteiger partial charge in [-0.2, -0.15) is 0 Å². The molecular formula is C11H27NO3. The SMILES string of the molecule is C=CC.CC.NCCOCCOCC=O.[HH]. The molecule has 0 amide bonds. The fourth-order valence-electron chi connectivity index (χ4n) is 0.435. The lowest BCUT2D eigenvalue weighted by atomic mass is 10.7. The zero-order valence-corrected chi connectivity index (χ0v) is 10.2. The van der Waals surface area contributed by atoms with Crippen molar-refractivity contribution in [1.82, 2.24) is 0 Å². The standard InChI is InChI=1S/C6H13NO3.C3H6.C2H6.H2/c7-1-3-9-5-6-10-4-2-8;1-3-2;1-2;/h2H,1,3-7H2;3H,1H2,2H3;1-2H3;1H. The van der Waals surface area contributed by atoms with Gasteiger partial charge in [-0.25, -0.2) is 0 Å². The van der Waals surface area contributed by atoms with E-state index in [1.165, 1.54) is 0 Å². The minimum absolute atomic E-state index is 0. The van der Waals surface area contributed by atoms with Gasteiger partial charge in [0.15, 0.2) is 0 Å². The van der Waals surface area contributed by atoms with Gasteiger partial charge in [0.1, 0.15) is 12.9 Å². The van der Waals surface area contributed by atoms with E-state index in [4.69, 9.17) is 15.2 Å². The third-order valence-electron chi connectivity index (χ3n) is 0.820. The molecule has 4 nitrogen and oxygen atoms in total. The molecule has 94 valence electrons. The normalized spacial score (nSPS) is 7.73. The van der Waals surface area contributed by atoms with E-state index in [0.29, 0.717) is 32.7 Å². The van der Waals surface area contributed by atoms with E-state index < -0.39 is 0 Å². The zero-order chi connectivity index (χ0) is 12.4. The van der Waals surface area contributed by atoms with Crippen LogP contribution in [0.4, 0.5) is 0 Å². The highest BCUT2D eigenvalue weighted by Gasteiger charge is 1.85. The van der Waals surface area contributed by atoms with Gasteiger partial charge in [-0.3, -0.25) is 0 Å². The van der Waals surface area contributed by atoms with E-state index in [9.17, 15) is 4.79 Å². The number of carbonyl (C=O) groups is 1. The zero-order valence-electron chi connectivity index (χ0n) is 10.2. The smallest absolute Gasteiger partial charge is 0.145 e. The molecule has 0 unspecified atom stereocenters. The highest BCUT2D eigenvalue weighted by Crippen LogP contribution is 1.74. The first-order valence-corrected chi connectivity index (χ1v) is 5.19. The van der Waals surface area contributed by atoms with Gasteiger partial charge in [-0.1, -0.05) is 19.9 Å². The quantitative estimate of drug-likeness (QED) is 0.403. The topological polar surface area (TPSA) is 61.6 Å². The molecule has 0 aliphatic rings. The fraction of sp³-hybridized carbons (Fsp3) is 0.727. The Morgan fingerprint density at radius 3 is 2.13 bits per heavy atom. The van der Waals surface area contributed by atoms with E-state index in [0.717, 1.165) is 0 Å². The molecule has 0 aliphatic carbocycles. The Morgan fingerprint density at radius 1 is 1.27 bits per heavy atom. The summed E-state index contributed by atoms with van der Waals surface area (Å²) >= 11 is 0. The van der Waals surface area contributed by atoms with Crippen LogP contribution >= 0.6 is 0 Å². The number of ether oxygens (including phenoxy) is 2. The van der Waals surface area contributed by atoms with Gasteiger partial charge in [0, 0.05) is 7.97 Å². The summed E-state index contributed by atoms with van der Waals surface area (Å²) in [6, 6.07) is 0. The number of carbonyl (C=O) groups excluding carboxylic acids is 1. The molecule has 0 heterocycles. The van der Waals surface area contributed by atoms with Crippen LogP contribution in [-0.4, -0.2) is 39.3 Å².